The van der Waals surface area contributed by atoms with Crippen LogP contribution in [0.3, 0.4) is 0 Å². The molecule has 6 heteroatoms. The Balaban J connectivity index is 4.21. The second-order valence-electron chi connectivity index (χ2n) is 20.9. The molecule has 0 aliphatic heterocycles. The highest BCUT2D eigenvalue weighted by molar-refractivity contribution is 5.72. The topological polar surface area (TPSA) is 78.9 Å². The maximum atomic E-state index is 12.8. The van der Waals surface area contributed by atoms with E-state index >= 15 is 0 Å². The molecule has 1 unspecified atom stereocenters. The molecule has 0 heterocycles. The molecule has 0 saturated carbocycles. The molecule has 0 aromatic heterocycles. The second-order valence-corrected chi connectivity index (χ2v) is 20.9. The van der Waals surface area contributed by atoms with Crippen LogP contribution in [0, 0.1) is 0 Å². The molecule has 0 aromatic carbocycles. The quantitative estimate of drug-likeness (QED) is 0.0261. The molecule has 0 radical (unpaired) electrons. The van der Waals surface area contributed by atoms with Crippen LogP contribution in [-0.4, -0.2) is 37.2 Å². The lowest BCUT2D eigenvalue weighted by Crippen LogP contribution is -2.30. The number of carbonyl (C=O) groups excluding carboxylic acids is 3. The molecular weight excluding hydrogens is 973 g/mol. The van der Waals surface area contributed by atoms with Crippen molar-refractivity contribution in [3.8, 4) is 0 Å². The third kappa shape index (κ3) is 64.0. The van der Waals surface area contributed by atoms with E-state index in [0.717, 1.165) is 116 Å². The Hall–Kier alpha value is -4.71. The third-order valence-electron chi connectivity index (χ3n) is 13.4. The highest BCUT2D eigenvalue weighted by Gasteiger charge is 2.19. The van der Waals surface area contributed by atoms with Gasteiger partial charge in [0.15, 0.2) is 6.10 Å². The van der Waals surface area contributed by atoms with Crippen LogP contribution in [0.1, 0.15) is 278 Å². The van der Waals surface area contributed by atoms with Gasteiger partial charge in [-0.05, 0) is 103 Å². The predicted octanol–water partition coefficient (Wildman–Crippen LogP) is 22.3. The van der Waals surface area contributed by atoms with Crippen molar-refractivity contribution in [3.63, 3.8) is 0 Å². The maximum absolute atomic E-state index is 12.8. The van der Waals surface area contributed by atoms with Crippen molar-refractivity contribution in [2.45, 2.75) is 284 Å². The molecule has 0 N–H and O–H groups in total. The van der Waals surface area contributed by atoms with E-state index in [2.05, 4.69) is 154 Å². The highest BCUT2D eigenvalue weighted by atomic mass is 16.6. The van der Waals surface area contributed by atoms with E-state index in [0.29, 0.717) is 12.8 Å². The maximum Gasteiger partial charge on any atom is 0.310 e. The van der Waals surface area contributed by atoms with Gasteiger partial charge in [0.1, 0.15) is 13.2 Å². The molecule has 0 bridgehead atoms. The largest absolute Gasteiger partial charge is 0.462 e. The molecule has 1 atom stereocenters. The molecule has 0 aliphatic carbocycles. The van der Waals surface area contributed by atoms with Crippen molar-refractivity contribution in [2.24, 2.45) is 0 Å². The van der Waals surface area contributed by atoms with Gasteiger partial charge in [-0.3, -0.25) is 14.4 Å². The first kappa shape index (κ1) is 74.3. The molecule has 0 fully saturated rings. The molecule has 79 heavy (non-hydrogen) atoms. The van der Waals surface area contributed by atoms with Gasteiger partial charge in [0, 0.05) is 12.8 Å². The predicted molar refractivity (Wildman–Crippen MR) is 343 cm³/mol. The van der Waals surface area contributed by atoms with Gasteiger partial charge < -0.3 is 14.2 Å². The number of esters is 3. The lowest BCUT2D eigenvalue weighted by atomic mass is 10.0. The lowest BCUT2D eigenvalue weighted by molar-refractivity contribution is -0.166. The molecule has 6 nitrogen and oxygen atoms in total. The minimum Gasteiger partial charge on any atom is -0.462 e. The van der Waals surface area contributed by atoms with Crippen molar-refractivity contribution >= 4 is 17.9 Å². The molecule has 0 amide bonds. The van der Waals surface area contributed by atoms with Crippen LogP contribution in [-0.2, 0) is 28.6 Å². The smallest absolute Gasteiger partial charge is 0.310 e. The van der Waals surface area contributed by atoms with Crippen LogP contribution in [0.4, 0.5) is 0 Å². The summed E-state index contributed by atoms with van der Waals surface area (Å²) in [7, 11) is 0. The number of rotatable bonds is 57. The van der Waals surface area contributed by atoms with E-state index in [9.17, 15) is 14.4 Å². The molecule has 0 aromatic rings. The Morgan fingerprint density at radius 1 is 0.278 bits per heavy atom. The fourth-order valence-corrected chi connectivity index (χ4v) is 8.62. The van der Waals surface area contributed by atoms with Crippen LogP contribution in [0.15, 0.2) is 146 Å². The summed E-state index contributed by atoms with van der Waals surface area (Å²) in [6, 6.07) is 0. The van der Waals surface area contributed by atoms with Crippen molar-refractivity contribution < 1.29 is 28.6 Å². The molecule has 446 valence electrons. The number of carbonyl (C=O) groups is 3. The minimum absolute atomic E-state index is 0.0942. The van der Waals surface area contributed by atoms with Gasteiger partial charge in [-0.15, -0.1) is 0 Å². The first-order valence-corrected chi connectivity index (χ1v) is 32.3. The zero-order valence-electron chi connectivity index (χ0n) is 51.1. The van der Waals surface area contributed by atoms with Gasteiger partial charge in [0.05, 0.1) is 6.42 Å². The Morgan fingerprint density at radius 2 is 0.532 bits per heavy atom. The van der Waals surface area contributed by atoms with Gasteiger partial charge >= 0.3 is 17.9 Å². The van der Waals surface area contributed by atoms with Gasteiger partial charge in [0.2, 0.25) is 0 Å². The monoisotopic (exact) mass is 1090 g/mol. The summed E-state index contributed by atoms with van der Waals surface area (Å²) in [5.41, 5.74) is 0. The number of hydrogen-bond acceptors (Lipinski definition) is 6. The van der Waals surface area contributed by atoms with Crippen LogP contribution in [0.5, 0.6) is 0 Å². The molecule has 0 rings (SSSR count). The van der Waals surface area contributed by atoms with Crippen molar-refractivity contribution in [2.75, 3.05) is 13.2 Å². The average molecular weight is 1090 g/mol. The first-order chi connectivity index (χ1) is 39.0. The SMILES string of the molecule is CC/C=C\C/C=C\C/C=C\C/C=C\C/C=C\C/C=C\C/C=C\CCCCCCCCCCCCCCCC(=O)OCC(COC(=O)CCCCCCCCCCCCC)OC(=O)C/C=C\C/C=C\C/C=C\C/C=C\C/C=C\CC. The van der Waals surface area contributed by atoms with E-state index < -0.39 is 12.1 Å². The summed E-state index contributed by atoms with van der Waals surface area (Å²) in [5.74, 6) is -1.05. The number of ether oxygens (including phenoxy) is 3. The van der Waals surface area contributed by atoms with Crippen LogP contribution in [0.2, 0.25) is 0 Å². The summed E-state index contributed by atoms with van der Waals surface area (Å²) in [6.45, 7) is 6.32. The number of hydrogen-bond donors (Lipinski definition) is 0. The Kier molecular flexibility index (Phi) is 61.9. The Morgan fingerprint density at radius 3 is 0.835 bits per heavy atom. The lowest BCUT2D eigenvalue weighted by Gasteiger charge is -2.18. The Bertz CT molecular complexity index is 1730. The van der Waals surface area contributed by atoms with Crippen molar-refractivity contribution in [1.82, 2.24) is 0 Å². The molecular formula is C73H118O6. The van der Waals surface area contributed by atoms with E-state index in [1.807, 2.05) is 6.08 Å². The number of allylic oxidation sites excluding steroid dienone is 23. The van der Waals surface area contributed by atoms with Gasteiger partial charge in [-0.2, -0.15) is 0 Å². The number of unbranched alkanes of at least 4 members (excludes halogenated alkanes) is 23. The first-order valence-electron chi connectivity index (χ1n) is 32.3. The van der Waals surface area contributed by atoms with Gasteiger partial charge in [-0.25, -0.2) is 0 Å². The fraction of sp³-hybridized carbons (Fsp3) is 0.630. The summed E-state index contributed by atoms with van der Waals surface area (Å²) in [4.78, 5) is 38.1. The fourth-order valence-electron chi connectivity index (χ4n) is 8.62. The van der Waals surface area contributed by atoms with Crippen molar-refractivity contribution in [1.29, 1.82) is 0 Å². The summed E-state index contributed by atoms with van der Waals surface area (Å²) in [5, 5.41) is 0. The van der Waals surface area contributed by atoms with E-state index in [1.165, 1.54) is 122 Å². The summed E-state index contributed by atoms with van der Waals surface area (Å²) >= 11 is 0. The summed E-state index contributed by atoms with van der Waals surface area (Å²) < 4.78 is 16.8. The van der Waals surface area contributed by atoms with E-state index in [4.69, 9.17) is 14.2 Å². The highest BCUT2D eigenvalue weighted by Crippen LogP contribution is 2.16. The van der Waals surface area contributed by atoms with Crippen LogP contribution < -0.4 is 0 Å². The van der Waals surface area contributed by atoms with E-state index in [1.54, 1.807) is 6.08 Å². The molecule has 0 aliphatic rings. The third-order valence-corrected chi connectivity index (χ3v) is 13.4. The Labute approximate surface area is 487 Å². The van der Waals surface area contributed by atoms with Crippen molar-refractivity contribution in [3.05, 3.63) is 146 Å². The zero-order valence-corrected chi connectivity index (χ0v) is 51.1. The molecule has 0 spiro atoms. The normalized spacial score (nSPS) is 13.1. The van der Waals surface area contributed by atoms with E-state index in [-0.39, 0.29) is 31.6 Å². The van der Waals surface area contributed by atoms with Gasteiger partial charge in [0.25, 0.3) is 0 Å². The second kappa shape index (κ2) is 65.8. The van der Waals surface area contributed by atoms with Gasteiger partial charge in [-0.1, -0.05) is 301 Å². The average Bonchev–Trinajstić information content (AvgIpc) is 3.45. The standard InChI is InChI=1S/C73H118O6/c1-4-7-10-13-16-19-22-24-26-27-28-29-30-31-32-33-34-35-36-37-38-39-40-41-42-43-44-45-47-48-51-54-57-60-63-66-72(75)78-69-70(68-77-71(74)65-62-59-56-53-50-21-18-15-12-9-6-3)79-73(76)67-64-61-58-55-52-49-46-25-23-20-17-14-11-8-5-2/h7-8,10-11,16-17,19-20,24-26,28-29,31-32,34-35,37-38,46,52,55,61,64,70H,4-6,9,12-15,18,21-23,27,30,33,36,39-45,47-51,53-54,56-60,62-63,65-69H2,1-3H3/b10-7-,11-8-,19-16-,20-17-,26-24-,29-28-,32-31-,35-34-,38-37-,46-25-,55-52-,64-61-. The minimum atomic E-state index is -0.835. The molecule has 0 saturated heterocycles. The van der Waals surface area contributed by atoms with Crippen LogP contribution in [0.25, 0.3) is 0 Å². The van der Waals surface area contributed by atoms with Crippen LogP contribution >= 0.6 is 0 Å². The zero-order chi connectivity index (χ0) is 57.1. The summed E-state index contributed by atoms with van der Waals surface area (Å²) in [6.07, 6.45) is 94.7.